The lowest BCUT2D eigenvalue weighted by molar-refractivity contribution is -0.146. The summed E-state index contributed by atoms with van der Waals surface area (Å²) in [5, 5.41) is 0. The fourth-order valence-corrected chi connectivity index (χ4v) is 2.19. The Kier molecular flexibility index (Phi) is 10.6. The van der Waals surface area contributed by atoms with Crippen molar-refractivity contribution in [2.75, 3.05) is 13.2 Å². The topological polar surface area (TPSA) is 52.6 Å². The van der Waals surface area contributed by atoms with Gasteiger partial charge in [0.15, 0.2) is 0 Å². The third kappa shape index (κ3) is 8.53. The number of ether oxygens (including phenoxy) is 2. The molecule has 0 spiro atoms. The molecule has 4 heteroatoms. The summed E-state index contributed by atoms with van der Waals surface area (Å²) in [6.45, 7) is 12.0. The molecule has 0 amide bonds. The lowest BCUT2D eigenvalue weighted by atomic mass is 9.83. The molecule has 1 rings (SSSR count). The largest absolute Gasteiger partial charge is 0.465 e. The molecule has 0 bridgehead atoms. The zero-order valence-electron chi connectivity index (χ0n) is 13.9. The first-order valence-corrected chi connectivity index (χ1v) is 8.01. The Morgan fingerprint density at radius 1 is 1.00 bits per heavy atom. The van der Waals surface area contributed by atoms with Gasteiger partial charge in [0.2, 0.25) is 0 Å². The van der Waals surface area contributed by atoms with Gasteiger partial charge in [0.1, 0.15) is 0 Å². The predicted octanol–water partition coefficient (Wildman–Crippen LogP) is 3.89. The fraction of sp³-hybridized carbons (Fsp3) is 0.765. The molecular weight excluding hydrogens is 268 g/mol. The van der Waals surface area contributed by atoms with Gasteiger partial charge in [-0.2, -0.15) is 0 Å². The third-order valence-electron chi connectivity index (χ3n) is 3.53. The Morgan fingerprint density at radius 3 is 1.81 bits per heavy atom. The van der Waals surface area contributed by atoms with Gasteiger partial charge in [-0.3, -0.25) is 4.79 Å². The van der Waals surface area contributed by atoms with Gasteiger partial charge in [-0.15, -0.1) is 0 Å². The van der Waals surface area contributed by atoms with Crippen molar-refractivity contribution >= 4 is 11.9 Å². The maximum atomic E-state index is 11.3. The molecule has 0 aliphatic heterocycles. The lowest BCUT2D eigenvalue weighted by Gasteiger charge is -2.27. The van der Waals surface area contributed by atoms with Crippen molar-refractivity contribution in [1.82, 2.24) is 0 Å². The Bertz CT molecular complexity index is 328. The summed E-state index contributed by atoms with van der Waals surface area (Å²) in [7, 11) is 0. The van der Waals surface area contributed by atoms with Crippen LogP contribution in [0.4, 0.5) is 0 Å². The van der Waals surface area contributed by atoms with E-state index in [0.29, 0.717) is 37.0 Å². The molecule has 1 aliphatic carbocycles. The highest BCUT2D eigenvalue weighted by atomic mass is 16.5. The molecule has 0 unspecified atom stereocenters. The summed E-state index contributed by atoms with van der Waals surface area (Å²) in [5.41, 5.74) is 0.445. The smallest absolute Gasteiger partial charge is 0.333 e. The Morgan fingerprint density at radius 2 is 1.43 bits per heavy atom. The number of carbonyl (C=O) groups excluding carboxylic acids is 2. The molecule has 21 heavy (non-hydrogen) atoms. The molecule has 0 saturated heterocycles. The Balaban J connectivity index is 0.00000191. The van der Waals surface area contributed by atoms with Crippen molar-refractivity contribution in [3.8, 4) is 0 Å². The summed E-state index contributed by atoms with van der Waals surface area (Å²) in [6.07, 6.45) is 4.56. The lowest BCUT2D eigenvalue weighted by Crippen LogP contribution is -2.23. The molecule has 1 fully saturated rings. The Labute approximate surface area is 128 Å². The SMILES string of the molecule is C=C(C)C(=O)OCC1CCC(COC(=O)CC)CC1.CC. The number of hydrogen-bond donors (Lipinski definition) is 0. The second kappa shape index (κ2) is 11.4. The molecule has 0 aromatic rings. The predicted molar refractivity (Wildman–Crippen MR) is 83.8 cm³/mol. The van der Waals surface area contributed by atoms with Crippen LogP contribution in [0.15, 0.2) is 12.2 Å². The second-order valence-electron chi connectivity index (χ2n) is 5.30. The quantitative estimate of drug-likeness (QED) is 0.551. The van der Waals surface area contributed by atoms with Gasteiger partial charge in [-0.05, 0) is 44.4 Å². The van der Waals surface area contributed by atoms with Crippen LogP contribution >= 0.6 is 0 Å². The van der Waals surface area contributed by atoms with Crippen molar-refractivity contribution in [3.05, 3.63) is 12.2 Å². The van der Waals surface area contributed by atoms with E-state index in [1.165, 1.54) is 0 Å². The van der Waals surface area contributed by atoms with Crippen molar-refractivity contribution in [2.24, 2.45) is 11.8 Å². The number of carbonyl (C=O) groups is 2. The van der Waals surface area contributed by atoms with Crippen LogP contribution in [0, 0.1) is 11.8 Å². The summed E-state index contributed by atoms with van der Waals surface area (Å²) >= 11 is 0. The first-order valence-electron chi connectivity index (χ1n) is 8.01. The molecule has 4 nitrogen and oxygen atoms in total. The highest BCUT2D eigenvalue weighted by Gasteiger charge is 2.23. The first kappa shape index (κ1) is 19.7. The van der Waals surface area contributed by atoms with Crippen LogP contribution in [-0.4, -0.2) is 25.2 Å². The van der Waals surface area contributed by atoms with Crippen LogP contribution in [0.25, 0.3) is 0 Å². The molecule has 0 aromatic heterocycles. The van der Waals surface area contributed by atoms with Crippen molar-refractivity contribution in [3.63, 3.8) is 0 Å². The van der Waals surface area contributed by atoms with Crippen LogP contribution in [0.3, 0.4) is 0 Å². The van der Waals surface area contributed by atoms with E-state index >= 15 is 0 Å². The highest BCUT2D eigenvalue weighted by Crippen LogP contribution is 2.29. The minimum absolute atomic E-state index is 0.127. The van der Waals surface area contributed by atoms with Gasteiger partial charge in [-0.25, -0.2) is 4.79 Å². The van der Waals surface area contributed by atoms with Gasteiger partial charge >= 0.3 is 11.9 Å². The summed E-state index contributed by atoms with van der Waals surface area (Å²) in [6, 6.07) is 0. The molecule has 0 atom stereocenters. The van der Waals surface area contributed by atoms with Crippen LogP contribution in [0.2, 0.25) is 0 Å². The Hall–Kier alpha value is -1.32. The average molecular weight is 298 g/mol. The zero-order chi connectivity index (χ0) is 16.3. The molecule has 0 heterocycles. The van der Waals surface area contributed by atoms with Crippen LogP contribution in [0.5, 0.6) is 0 Å². The molecule has 1 saturated carbocycles. The summed E-state index contributed by atoms with van der Waals surface area (Å²) < 4.78 is 10.3. The van der Waals surface area contributed by atoms with E-state index in [-0.39, 0.29) is 11.9 Å². The molecule has 0 radical (unpaired) electrons. The van der Waals surface area contributed by atoms with Gasteiger partial charge in [0.25, 0.3) is 0 Å². The fourth-order valence-electron chi connectivity index (χ4n) is 2.19. The molecule has 1 aliphatic rings. The second-order valence-corrected chi connectivity index (χ2v) is 5.30. The number of hydrogen-bond acceptors (Lipinski definition) is 4. The summed E-state index contributed by atoms with van der Waals surface area (Å²) in [4.78, 5) is 22.4. The average Bonchev–Trinajstić information content (AvgIpc) is 2.52. The molecular formula is C17H30O4. The van der Waals surface area contributed by atoms with Crippen LogP contribution in [0.1, 0.15) is 59.8 Å². The van der Waals surface area contributed by atoms with E-state index in [0.717, 1.165) is 25.7 Å². The third-order valence-corrected chi connectivity index (χ3v) is 3.53. The number of rotatable bonds is 6. The monoisotopic (exact) mass is 298 g/mol. The van der Waals surface area contributed by atoms with E-state index in [9.17, 15) is 9.59 Å². The normalized spacial score (nSPS) is 20.8. The van der Waals surface area contributed by atoms with Crippen LogP contribution in [-0.2, 0) is 19.1 Å². The molecule has 0 N–H and O–H groups in total. The first-order chi connectivity index (χ1) is 10.0. The molecule has 0 aromatic carbocycles. The van der Waals surface area contributed by atoms with E-state index in [4.69, 9.17) is 9.47 Å². The van der Waals surface area contributed by atoms with Crippen molar-refractivity contribution < 1.29 is 19.1 Å². The van der Waals surface area contributed by atoms with Gasteiger partial charge < -0.3 is 9.47 Å². The standard InChI is InChI=1S/C15H24O4.C2H6/c1-4-14(16)18-9-12-5-7-13(8-6-12)10-19-15(17)11(2)3;1-2/h12-13H,2,4-10H2,1,3H3;1-2H3. The maximum Gasteiger partial charge on any atom is 0.333 e. The minimum atomic E-state index is -0.306. The van der Waals surface area contributed by atoms with E-state index in [1.807, 2.05) is 13.8 Å². The molecule has 122 valence electrons. The van der Waals surface area contributed by atoms with E-state index in [1.54, 1.807) is 13.8 Å². The van der Waals surface area contributed by atoms with E-state index < -0.39 is 0 Å². The van der Waals surface area contributed by atoms with Crippen LogP contribution < -0.4 is 0 Å². The highest BCUT2D eigenvalue weighted by molar-refractivity contribution is 5.86. The maximum absolute atomic E-state index is 11.3. The van der Waals surface area contributed by atoms with Crippen molar-refractivity contribution in [2.45, 2.75) is 59.8 Å². The minimum Gasteiger partial charge on any atom is -0.465 e. The zero-order valence-corrected chi connectivity index (χ0v) is 13.9. The number of esters is 2. The van der Waals surface area contributed by atoms with E-state index in [2.05, 4.69) is 6.58 Å². The summed E-state index contributed by atoms with van der Waals surface area (Å²) in [5.74, 6) is 0.460. The van der Waals surface area contributed by atoms with Gasteiger partial charge in [0.05, 0.1) is 13.2 Å². The van der Waals surface area contributed by atoms with Crippen molar-refractivity contribution in [1.29, 1.82) is 0 Å². The van der Waals surface area contributed by atoms with Gasteiger partial charge in [0, 0.05) is 12.0 Å². The van der Waals surface area contributed by atoms with Gasteiger partial charge in [-0.1, -0.05) is 27.4 Å².